The van der Waals surface area contributed by atoms with Crippen LogP contribution in [0, 0.1) is 13.8 Å². The molecule has 148 valence electrons. The minimum Gasteiger partial charge on any atom is -0.334 e. The lowest BCUT2D eigenvalue weighted by Crippen LogP contribution is -2.51. The number of benzene rings is 1. The second-order valence-corrected chi connectivity index (χ2v) is 7.97. The molecular formula is C21H27N5O2. The highest BCUT2D eigenvalue weighted by molar-refractivity contribution is 5.95. The highest BCUT2D eigenvalue weighted by Gasteiger charge is 2.39. The molecule has 2 unspecified atom stereocenters. The molecule has 0 spiro atoms. The molecule has 3 heterocycles. The lowest BCUT2D eigenvalue weighted by Gasteiger charge is -2.40. The van der Waals surface area contributed by atoms with Gasteiger partial charge in [0.2, 0.25) is 5.82 Å². The van der Waals surface area contributed by atoms with Crippen molar-refractivity contribution in [2.75, 3.05) is 13.1 Å². The van der Waals surface area contributed by atoms with Crippen LogP contribution in [-0.2, 0) is 7.05 Å². The molecule has 4 rings (SSSR count). The molecule has 0 radical (unpaired) electrons. The van der Waals surface area contributed by atoms with Gasteiger partial charge in [-0.15, -0.1) is 5.10 Å². The molecule has 2 amide bonds. The predicted molar refractivity (Wildman–Crippen MR) is 105 cm³/mol. The van der Waals surface area contributed by atoms with E-state index in [4.69, 9.17) is 0 Å². The molecule has 2 aliphatic rings. The molecule has 2 saturated heterocycles. The van der Waals surface area contributed by atoms with E-state index in [1.165, 1.54) is 0 Å². The monoisotopic (exact) mass is 381 g/mol. The van der Waals surface area contributed by atoms with E-state index in [1.807, 2.05) is 47.9 Å². The van der Waals surface area contributed by atoms with Crippen molar-refractivity contribution in [2.45, 2.75) is 51.6 Å². The lowest BCUT2D eigenvalue weighted by atomic mass is 9.93. The van der Waals surface area contributed by atoms with Crippen LogP contribution in [0.1, 0.15) is 58.0 Å². The van der Waals surface area contributed by atoms with E-state index in [9.17, 15) is 9.59 Å². The molecule has 2 bridgehead atoms. The highest BCUT2D eigenvalue weighted by atomic mass is 16.2. The van der Waals surface area contributed by atoms with Gasteiger partial charge >= 0.3 is 0 Å². The van der Waals surface area contributed by atoms with E-state index in [0.29, 0.717) is 18.9 Å². The average molecular weight is 381 g/mol. The molecular weight excluding hydrogens is 354 g/mol. The number of nitrogens with zero attached hydrogens (tertiary/aromatic N) is 5. The van der Waals surface area contributed by atoms with Gasteiger partial charge in [0.15, 0.2) is 0 Å². The van der Waals surface area contributed by atoms with E-state index in [-0.39, 0.29) is 29.7 Å². The van der Waals surface area contributed by atoms with Gasteiger partial charge in [0.1, 0.15) is 5.82 Å². The van der Waals surface area contributed by atoms with Crippen LogP contribution in [0.3, 0.4) is 0 Å². The van der Waals surface area contributed by atoms with Crippen molar-refractivity contribution in [3.05, 3.63) is 47.0 Å². The zero-order chi connectivity index (χ0) is 19.8. The summed E-state index contributed by atoms with van der Waals surface area (Å²) in [4.78, 5) is 34.5. The first kappa shape index (κ1) is 18.7. The van der Waals surface area contributed by atoms with Gasteiger partial charge in [-0.3, -0.25) is 14.3 Å². The summed E-state index contributed by atoms with van der Waals surface area (Å²) >= 11 is 0. The van der Waals surface area contributed by atoms with Gasteiger partial charge in [-0.2, -0.15) is 0 Å². The van der Waals surface area contributed by atoms with Crippen LogP contribution in [0.15, 0.2) is 24.3 Å². The third-order valence-corrected chi connectivity index (χ3v) is 5.98. The molecule has 7 heteroatoms. The van der Waals surface area contributed by atoms with Gasteiger partial charge < -0.3 is 9.80 Å². The molecule has 2 aromatic rings. The number of aryl methyl sites for hydroxylation is 3. The molecule has 28 heavy (non-hydrogen) atoms. The predicted octanol–water partition coefficient (Wildman–Crippen LogP) is 2.34. The maximum Gasteiger partial charge on any atom is 0.293 e. The van der Waals surface area contributed by atoms with Gasteiger partial charge in [-0.25, -0.2) is 4.98 Å². The fourth-order valence-corrected chi connectivity index (χ4v) is 4.42. The minimum absolute atomic E-state index is 0.0445. The molecule has 7 nitrogen and oxygen atoms in total. The van der Waals surface area contributed by atoms with Crippen molar-refractivity contribution < 1.29 is 9.59 Å². The summed E-state index contributed by atoms with van der Waals surface area (Å²) in [6.07, 6.45) is 3.81. The van der Waals surface area contributed by atoms with Gasteiger partial charge in [-0.05, 0) is 51.7 Å². The Kier molecular flexibility index (Phi) is 4.91. The van der Waals surface area contributed by atoms with Crippen molar-refractivity contribution >= 4 is 11.8 Å². The Morgan fingerprint density at radius 3 is 2.57 bits per heavy atom. The summed E-state index contributed by atoms with van der Waals surface area (Å²) < 4.78 is 1.62. The summed E-state index contributed by atoms with van der Waals surface area (Å²) in [6.45, 7) is 5.02. The van der Waals surface area contributed by atoms with Crippen LogP contribution in [0.2, 0.25) is 0 Å². The Morgan fingerprint density at radius 1 is 1.07 bits per heavy atom. The van der Waals surface area contributed by atoms with E-state index in [1.54, 1.807) is 11.7 Å². The Labute approximate surface area is 165 Å². The van der Waals surface area contributed by atoms with E-state index >= 15 is 0 Å². The van der Waals surface area contributed by atoms with Crippen LogP contribution in [0.5, 0.6) is 0 Å². The Balaban J connectivity index is 1.58. The lowest BCUT2D eigenvalue weighted by molar-refractivity contribution is 0.0447. The molecule has 2 atom stereocenters. The largest absolute Gasteiger partial charge is 0.334 e. The van der Waals surface area contributed by atoms with Gasteiger partial charge in [-0.1, -0.05) is 17.7 Å². The van der Waals surface area contributed by atoms with Crippen molar-refractivity contribution in [3.63, 3.8) is 0 Å². The summed E-state index contributed by atoms with van der Waals surface area (Å²) in [7, 11) is 1.79. The average Bonchev–Trinajstić information content (AvgIpc) is 2.97. The molecule has 2 aliphatic heterocycles. The normalized spacial score (nSPS) is 22.1. The van der Waals surface area contributed by atoms with Crippen LogP contribution >= 0.6 is 0 Å². The summed E-state index contributed by atoms with van der Waals surface area (Å²) in [5, 5.41) is 4.25. The second kappa shape index (κ2) is 7.37. The number of carbonyl (C=O) groups excluding carboxylic acids is 2. The zero-order valence-electron chi connectivity index (χ0n) is 16.8. The SMILES string of the molecule is Cc1cccc(C(=O)N2C3CCCC2CN(C(=O)c2nc(C)n(C)n2)CC3)c1. The maximum atomic E-state index is 13.3. The van der Waals surface area contributed by atoms with E-state index in [0.717, 1.165) is 36.8 Å². The Bertz CT molecular complexity index is 886. The number of hydrogen-bond donors (Lipinski definition) is 0. The zero-order valence-corrected chi connectivity index (χ0v) is 16.8. The fraction of sp³-hybridized carbons (Fsp3) is 0.524. The third kappa shape index (κ3) is 3.41. The first-order valence-corrected chi connectivity index (χ1v) is 10.0. The molecule has 1 aromatic carbocycles. The molecule has 1 aromatic heterocycles. The Hall–Kier alpha value is -2.70. The standard InChI is InChI=1S/C21H27N5O2/c1-14-6-4-7-16(12-14)20(27)26-17-8-5-9-18(26)13-25(11-10-17)21(28)19-22-15(2)24(3)23-19/h4,6-7,12,17-18H,5,8-11,13H2,1-3H3. The van der Waals surface area contributed by atoms with E-state index < -0.39 is 0 Å². The first-order valence-electron chi connectivity index (χ1n) is 10.0. The maximum absolute atomic E-state index is 13.3. The minimum atomic E-state index is -0.140. The van der Waals surface area contributed by atoms with Gasteiger partial charge in [0, 0.05) is 37.8 Å². The molecule has 0 N–H and O–H groups in total. The smallest absolute Gasteiger partial charge is 0.293 e. The molecule has 0 saturated carbocycles. The van der Waals surface area contributed by atoms with Crippen LogP contribution < -0.4 is 0 Å². The summed E-state index contributed by atoms with van der Waals surface area (Å²) in [5.74, 6) is 0.903. The first-order chi connectivity index (χ1) is 13.4. The number of aromatic nitrogens is 3. The van der Waals surface area contributed by atoms with Gasteiger partial charge in [0.25, 0.3) is 11.8 Å². The second-order valence-electron chi connectivity index (χ2n) is 7.97. The van der Waals surface area contributed by atoms with Crippen molar-refractivity contribution in [2.24, 2.45) is 7.05 Å². The number of amides is 2. The highest BCUT2D eigenvalue weighted by Crippen LogP contribution is 2.31. The molecule has 2 fully saturated rings. The van der Waals surface area contributed by atoms with Crippen LogP contribution in [0.25, 0.3) is 0 Å². The number of piperidine rings is 1. The number of carbonyl (C=O) groups is 2. The Morgan fingerprint density at radius 2 is 1.86 bits per heavy atom. The number of hydrogen-bond acceptors (Lipinski definition) is 4. The quantitative estimate of drug-likeness (QED) is 0.801. The van der Waals surface area contributed by atoms with Crippen molar-refractivity contribution in [1.29, 1.82) is 0 Å². The van der Waals surface area contributed by atoms with Crippen LogP contribution in [-0.4, -0.2) is 61.6 Å². The summed E-state index contributed by atoms with van der Waals surface area (Å²) in [6, 6.07) is 8.00. The number of rotatable bonds is 2. The third-order valence-electron chi connectivity index (χ3n) is 5.98. The van der Waals surface area contributed by atoms with Crippen LogP contribution in [0.4, 0.5) is 0 Å². The van der Waals surface area contributed by atoms with E-state index in [2.05, 4.69) is 10.1 Å². The summed E-state index contributed by atoms with van der Waals surface area (Å²) in [5.41, 5.74) is 1.82. The van der Waals surface area contributed by atoms with Crippen molar-refractivity contribution in [1.82, 2.24) is 24.6 Å². The topological polar surface area (TPSA) is 71.3 Å². The van der Waals surface area contributed by atoms with Crippen molar-refractivity contribution in [3.8, 4) is 0 Å². The fourth-order valence-electron chi connectivity index (χ4n) is 4.42. The molecule has 0 aliphatic carbocycles. The number of fused-ring (bicyclic) bond motifs is 2. The van der Waals surface area contributed by atoms with Gasteiger partial charge in [0.05, 0.1) is 0 Å².